The molecule has 162 valence electrons. The summed E-state index contributed by atoms with van der Waals surface area (Å²) < 4.78 is 18.9. The molecule has 0 unspecified atom stereocenters. The Kier molecular flexibility index (Phi) is 5.64. The van der Waals surface area contributed by atoms with Crippen LogP contribution in [0.15, 0.2) is 78.5 Å². The maximum absolute atomic E-state index is 13.7. The minimum absolute atomic E-state index is 0.0843. The molecule has 32 heavy (non-hydrogen) atoms. The number of methoxy groups -OCH3 is 1. The maximum Gasteiger partial charge on any atom is 0.282 e. The summed E-state index contributed by atoms with van der Waals surface area (Å²) in [4.78, 5) is 30.0. The second kappa shape index (κ2) is 8.55. The Morgan fingerprint density at radius 1 is 0.906 bits per heavy atom. The van der Waals surface area contributed by atoms with Gasteiger partial charge in [-0.3, -0.25) is 9.59 Å². The maximum atomic E-state index is 13.7. The summed E-state index contributed by atoms with van der Waals surface area (Å²) in [7, 11) is 5.31. The fourth-order valence-corrected chi connectivity index (χ4v) is 3.53. The summed E-state index contributed by atoms with van der Waals surface area (Å²) in [6.45, 7) is 0. The molecular formula is C25H22FN3O3. The highest BCUT2D eigenvalue weighted by molar-refractivity contribution is 6.46. The van der Waals surface area contributed by atoms with Crippen LogP contribution in [-0.4, -0.2) is 33.0 Å². The summed E-state index contributed by atoms with van der Waals surface area (Å²) >= 11 is 0. The lowest BCUT2D eigenvalue weighted by Crippen LogP contribution is -2.32. The highest BCUT2D eigenvalue weighted by atomic mass is 19.1. The van der Waals surface area contributed by atoms with Gasteiger partial charge in [0.2, 0.25) is 0 Å². The average Bonchev–Trinajstić information content (AvgIpc) is 3.03. The number of imide groups is 1. The zero-order chi connectivity index (χ0) is 22.8. The van der Waals surface area contributed by atoms with Crippen molar-refractivity contribution >= 4 is 34.4 Å². The van der Waals surface area contributed by atoms with Crippen LogP contribution in [0.1, 0.15) is 5.56 Å². The smallest absolute Gasteiger partial charge is 0.282 e. The van der Waals surface area contributed by atoms with Crippen molar-refractivity contribution in [1.82, 2.24) is 0 Å². The van der Waals surface area contributed by atoms with Crippen LogP contribution in [0, 0.1) is 5.82 Å². The molecule has 3 aromatic rings. The van der Waals surface area contributed by atoms with Crippen molar-refractivity contribution < 1.29 is 18.7 Å². The van der Waals surface area contributed by atoms with Crippen LogP contribution in [0.5, 0.6) is 5.75 Å². The number of hydrogen-bond acceptors (Lipinski definition) is 5. The van der Waals surface area contributed by atoms with Crippen molar-refractivity contribution in [2.75, 3.05) is 36.3 Å². The van der Waals surface area contributed by atoms with Gasteiger partial charge in [-0.1, -0.05) is 24.3 Å². The second-order valence-electron chi connectivity index (χ2n) is 7.47. The Hall–Kier alpha value is -4.13. The van der Waals surface area contributed by atoms with Crippen LogP contribution in [-0.2, 0) is 9.59 Å². The number of halogens is 1. The molecule has 0 bridgehead atoms. The molecule has 4 rings (SSSR count). The molecule has 1 aliphatic heterocycles. The third kappa shape index (κ3) is 3.92. The van der Waals surface area contributed by atoms with Gasteiger partial charge in [0.25, 0.3) is 11.8 Å². The predicted octanol–water partition coefficient (Wildman–Crippen LogP) is 4.30. The van der Waals surface area contributed by atoms with Gasteiger partial charge in [0.1, 0.15) is 17.3 Å². The van der Waals surface area contributed by atoms with Gasteiger partial charge in [0.05, 0.1) is 18.4 Å². The molecule has 7 heteroatoms. The fourth-order valence-electron chi connectivity index (χ4n) is 3.53. The standard InChI is InChI=1S/C25H22FN3O3/c1-28(2)19-8-5-9-20(15-19)29-24(30)22(16-10-12-21(32-3)13-11-16)23(25(29)31)27-18-7-4-6-17(26)14-18/h4-15,27H,1-3H3. The van der Waals surface area contributed by atoms with Crippen molar-refractivity contribution in [1.29, 1.82) is 0 Å². The van der Waals surface area contributed by atoms with Crippen LogP contribution in [0.25, 0.3) is 5.57 Å². The van der Waals surface area contributed by atoms with E-state index in [1.54, 1.807) is 55.6 Å². The van der Waals surface area contributed by atoms with E-state index in [2.05, 4.69) is 5.32 Å². The molecule has 1 N–H and O–H groups in total. The molecule has 2 amide bonds. The Labute approximate surface area is 185 Å². The Morgan fingerprint density at radius 2 is 1.62 bits per heavy atom. The molecule has 0 aromatic heterocycles. The summed E-state index contributed by atoms with van der Waals surface area (Å²) in [5.41, 5.74) is 2.51. The third-order valence-corrected chi connectivity index (χ3v) is 5.16. The quantitative estimate of drug-likeness (QED) is 0.590. The number of carbonyl (C=O) groups excluding carboxylic acids is 2. The molecule has 0 radical (unpaired) electrons. The number of amides is 2. The van der Waals surface area contributed by atoms with Gasteiger partial charge in [-0.15, -0.1) is 0 Å². The molecule has 0 saturated heterocycles. The minimum Gasteiger partial charge on any atom is -0.497 e. The normalized spacial score (nSPS) is 13.6. The van der Waals surface area contributed by atoms with Crippen LogP contribution in [0.4, 0.5) is 21.5 Å². The van der Waals surface area contributed by atoms with Crippen LogP contribution >= 0.6 is 0 Å². The molecule has 0 saturated carbocycles. The van der Waals surface area contributed by atoms with Gasteiger partial charge in [-0.25, -0.2) is 9.29 Å². The molecule has 0 fully saturated rings. The van der Waals surface area contributed by atoms with E-state index in [4.69, 9.17) is 4.74 Å². The van der Waals surface area contributed by atoms with E-state index in [-0.39, 0.29) is 11.3 Å². The van der Waals surface area contributed by atoms with E-state index >= 15 is 0 Å². The van der Waals surface area contributed by atoms with Crippen molar-refractivity contribution in [3.05, 3.63) is 89.9 Å². The van der Waals surface area contributed by atoms with E-state index in [0.29, 0.717) is 22.7 Å². The van der Waals surface area contributed by atoms with Crippen molar-refractivity contribution in [2.45, 2.75) is 0 Å². The molecule has 1 heterocycles. The van der Waals surface area contributed by atoms with E-state index < -0.39 is 17.6 Å². The first-order chi connectivity index (χ1) is 15.4. The summed E-state index contributed by atoms with van der Waals surface area (Å²) in [6, 6.07) is 19.8. The van der Waals surface area contributed by atoms with Gasteiger partial charge < -0.3 is 15.0 Å². The number of carbonyl (C=O) groups is 2. The number of benzene rings is 3. The Bertz CT molecular complexity index is 1220. The zero-order valence-electron chi connectivity index (χ0n) is 17.9. The van der Waals surface area contributed by atoms with Gasteiger partial charge in [-0.05, 0) is 54.1 Å². The largest absolute Gasteiger partial charge is 0.497 e. The monoisotopic (exact) mass is 431 g/mol. The molecule has 0 spiro atoms. The number of rotatable bonds is 6. The first-order valence-electron chi connectivity index (χ1n) is 9.96. The van der Waals surface area contributed by atoms with Gasteiger partial charge in [0.15, 0.2) is 0 Å². The SMILES string of the molecule is COc1ccc(C2=C(Nc3cccc(F)c3)C(=O)N(c3cccc(N(C)C)c3)C2=O)cc1. The Balaban J connectivity index is 1.81. The van der Waals surface area contributed by atoms with Gasteiger partial charge in [0, 0.05) is 25.5 Å². The molecule has 6 nitrogen and oxygen atoms in total. The summed E-state index contributed by atoms with van der Waals surface area (Å²) in [5.74, 6) is -0.800. The number of nitrogens with one attached hydrogen (secondary N) is 1. The summed E-state index contributed by atoms with van der Waals surface area (Å²) in [6.07, 6.45) is 0. The lowest BCUT2D eigenvalue weighted by Gasteiger charge is -2.19. The average molecular weight is 431 g/mol. The molecule has 0 aliphatic carbocycles. The predicted molar refractivity (Wildman–Crippen MR) is 123 cm³/mol. The topological polar surface area (TPSA) is 61.9 Å². The van der Waals surface area contributed by atoms with Gasteiger partial charge in [-0.2, -0.15) is 0 Å². The van der Waals surface area contributed by atoms with Gasteiger partial charge >= 0.3 is 0 Å². The summed E-state index contributed by atoms with van der Waals surface area (Å²) in [5, 5.41) is 2.96. The van der Waals surface area contributed by atoms with E-state index in [9.17, 15) is 14.0 Å². The molecule has 3 aromatic carbocycles. The Morgan fingerprint density at radius 3 is 2.28 bits per heavy atom. The number of hydrogen-bond donors (Lipinski definition) is 1. The molecule has 1 aliphatic rings. The van der Waals surface area contributed by atoms with Crippen molar-refractivity contribution in [3.8, 4) is 5.75 Å². The third-order valence-electron chi connectivity index (χ3n) is 5.16. The van der Waals surface area contributed by atoms with E-state index in [1.165, 1.54) is 18.2 Å². The fraction of sp³-hybridized carbons (Fsp3) is 0.120. The lowest BCUT2D eigenvalue weighted by atomic mass is 10.0. The first-order valence-corrected chi connectivity index (χ1v) is 9.96. The minimum atomic E-state index is -0.513. The number of ether oxygens (including phenoxy) is 1. The molecular weight excluding hydrogens is 409 g/mol. The van der Waals surface area contributed by atoms with E-state index in [0.717, 1.165) is 10.6 Å². The van der Waals surface area contributed by atoms with Crippen LogP contribution in [0.2, 0.25) is 0 Å². The zero-order valence-corrected chi connectivity index (χ0v) is 17.9. The first kappa shape index (κ1) is 21.1. The number of anilines is 3. The van der Waals surface area contributed by atoms with Crippen molar-refractivity contribution in [3.63, 3.8) is 0 Å². The second-order valence-corrected chi connectivity index (χ2v) is 7.47. The lowest BCUT2D eigenvalue weighted by molar-refractivity contribution is -0.120. The van der Waals surface area contributed by atoms with Crippen LogP contribution < -0.4 is 19.9 Å². The van der Waals surface area contributed by atoms with Crippen LogP contribution in [0.3, 0.4) is 0 Å². The van der Waals surface area contributed by atoms with Crippen molar-refractivity contribution in [2.24, 2.45) is 0 Å². The number of nitrogens with zero attached hydrogens (tertiary/aromatic N) is 2. The highest BCUT2D eigenvalue weighted by Crippen LogP contribution is 2.35. The highest BCUT2D eigenvalue weighted by Gasteiger charge is 2.40. The van der Waals surface area contributed by atoms with E-state index in [1.807, 2.05) is 25.1 Å². The molecule has 0 atom stereocenters.